The van der Waals surface area contributed by atoms with Gasteiger partial charge in [0.2, 0.25) is 0 Å². The summed E-state index contributed by atoms with van der Waals surface area (Å²) < 4.78 is 7.11. The number of benzene rings is 10. The van der Waals surface area contributed by atoms with E-state index in [1.165, 1.54) is 49.2 Å². The normalized spacial score (nSPS) is 11.8. The van der Waals surface area contributed by atoms with Crippen LogP contribution in [0.4, 0.5) is 0 Å². The second-order valence-electron chi connectivity index (χ2n) is 17.8. The minimum Gasteiger partial charge on any atom is -0.309 e. The van der Waals surface area contributed by atoms with Crippen LogP contribution in [0.3, 0.4) is 0 Å². The second-order valence-corrected chi connectivity index (χ2v) is 17.8. The first-order valence-electron chi connectivity index (χ1n) is 23.5. The number of hydrogen-bond acceptors (Lipinski definition) is 2. The van der Waals surface area contributed by atoms with Crippen LogP contribution >= 0.6 is 0 Å². The van der Waals surface area contributed by atoms with Gasteiger partial charge < -0.3 is 13.7 Å². The predicted molar refractivity (Wildman–Crippen MR) is 287 cm³/mol. The Labute approximate surface area is 398 Å². The molecular formula is C64H41N5. The van der Waals surface area contributed by atoms with E-state index in [0.29, 0.717) is 5.82 Å². The summed E-state index contributed by atoms with van der Waals surface area (Å²) >= 11 is 0. The summed E-state index contributed by atoms with van der Waals surface area (Å²) in [4.78, 5) is 10.8. The number of rotatable bonds is 7. The molecule has 69 heavy (non-hydrogen) atoms. The zero-order chi connectivity index (χ0) is 45.4. The number of aromatic nitrogens is 5. The fourth-order valence-electron chi connectivity index (χ4n) is 10.7. The van der Waals surface area contributed by atoms with Crippen LogP contribution in [-0.4, -0.2) is 23.7 Å². The Morgan fingerprint density at radius 3 is 1.10 bits per heavy atom. The molecule has 0 unspecified atom stereocenters. The van der Waals surface area contributed by atoms with Gasteiger partial charge in [-0.2, -0.15) is 0 Å². The third-order valence-corrected chi connectivity index (χ3v) is 13.8. The van der Waals surface area contributed by atoms with E-state index in [0.717, 1.165) is 72.5 Å². The number of fused-ring (bicyclic) bond motifs is 9. The summed E-state index contributed by atoms with van der Waals surface area (Å²) in [5, 5.41) is 5.95. The van der Waals surface area contributed by atoms with Gasteiger partial charge in [-0.1, -0.05) is 158 Å². The summed E-state index contributed by atoms with van der Waals surface area (Å²) in [6, 6.07) is 89.2. The molecule has 0 atom stereocenters. The Hall–Kier alpha value is -9.32. The van der Waals surface area contributed by atoms with Crippen molar-refractivity contribution in [2.45, 2.75) is 0 Å². The zero-order valence-corrected chi connectivity index (χ0v) is 37.4. The fraction of sp³-hybridized carbons (Fsp3) is 0. The Kier molecular flexibility index (Phi) is 8.83. The lowest BCUT2D eigenvalue weighted by Crippen LogP contribution is -1.99. The SMILES string of the molecule is c1ccc(-c2nc(-c3ccccc3)c3c(n2)c2cc(-c4ccc5c(c4)c4cc(-c6ccc7c(c6)c6ccccc6n7-c6ccccc6)ccc4n5-c4ccccc4)ccc2n3-c2ccccc2)cc1. The smallest absolute Gasteiger partial charge is 0.160 e. The van der Waals surface area contributed by atoms with Gasteiger partial charge in [0.25, 0.3) is 0 Å². The van der Waals surface area contributed by atoms with Crippen LogP contribution in [0.1, 0.15) is 0 Å². The first-order chi connectivity index (χ1) is 34.2. The quantitative estimate of drug-likeness (QED) is 0.160. The third-order valence-electron chi connectivity index (χ3n) is 13.8. The summed E-state index contributed by atoms with van der Waals surface area (Å²) in [6.45, 7) is 0. The van der Waals surface area contributed by atoms with Crippen molar-refractivity contribution in [2.75, 3.05) is 0 Å². The van der Waals surface area contributed by atoms with Crippen molar-refractivity contribution in [1.82, 2.24) is 23.7 Å². The molecule has 0 spiro atoms. The molecule has 0 amide bonds. The van der Waals surface area contributed by atoms with Gasteiger partial charge in [0, 0.05) is 55.1 Å². The lowest BCUT2D eigenvalue weighted by Gasteiger charge is -2.12. The highest BCUT2D eigenvalue weighted by molar-refractivity contribution is 6.15. The second kappa shape index (κ2) is 15.7. The predicted octanol–water partition coefficient (Wildman–Crippen LogP) is 16.4. The van der Waals surface area contributed by atoms with Crippen molar-refractivity contribution in [3.63, 3.8) is 0 Å². The standard InChI is InChI=1S/C64H41N5/c1-6-18-42(19-7-1)61-63-62(66-64(65-61)43-20-8-2-9-21-43)55-41-47(33-37-60(55)69(63)50-26-14-5-15-27-50)46-32-36-59-54(40-46)53-39-45(31-35-58(53)68(59)49-24-12-4-13-25-49)44-30-34-57-52(38-44)51-28-16-17-29-56(51)67(57)48-22-10-3-11-23-48/h1-41H. The van der Waals surface area contributed by atoms with E-state index >= 15 is 0 Å². The molecule has 14 rings (SSSR count). The third kappa shape index (κ3) is 6.25. The lowest BCUT2D eigenvalue weighted by atomic mass is 9.98. The highest BCUT2D eigenvalue weighted by atomic mass is 15.0. The van der Waals surface area contributed by atoms with Crippen LogP contribution in [0.2, 0.25) is 0 Å². The van der Waals surface area contributed by atoms with Crippen LogP contribution in [0.15, 0.2) is 249 Å². The molecular weight excluding hydrogens is 839 g/mol. The Bertz CT molecular complexity index is 4270. The maximum atomic E-state index is 5.42. The van der Waals surface area contributed by atoms with Crippen molar-refractivity contribution in [2.24, 2.45) is 0 Å². The van der Waals surface area contributed by atoms with E-state index < -0.39 is 0 Å². The first kappa shape index (κ1) is 38.9. The maximum absolute atomic E-state index is 5.42. The molecule has 0 fully saturated rings. The zero-order valence-electron chi connectivity index (χ0n) is 37.4. The van der Waals surface area contributed by atoms with E-state index in [1.807, 2.05) is 6.07 Å². The van der Waals surface area contributed by atoms with Gasteiger partial charge in [-0.25, -0.2) is 9.97 Å². The van der Waals surface area contributed by atoms with Crippen LogP contribution in [0.25, 0.3) is 128 Å². The average molecular weight is 880 g/mol. The molecule has 0 N–H and O–H groups in total. The molecule has 4 heterocycles. The summed E-state index contributed by atoms with van der Waals surface area (Å²) in [7, 11) is 0. The Morgan fingerprint density at radius 2 is 0.609 bits per heavy atom. The van der Waals surface area contributed by atoms with Crippen LogP contribution < -0.4 is 0 Å². The molecule has 0 aliphatic heterocycles. The van der Waals surface area contributed by atoms with Gasteiger partial charge in [-0.05, 0) is 113 Å². The fourth-order valence-corrected chi connectivity index (χ4v) is 10.7. The van der Waals surface area contributed by atoms with Crippen LogP contribution in [-0.2, 0) is 0 Å². The van der Waals surface area contributed by atoms with Crippen molar-refractivity contribution in [3.05, 3.63) is 249 Å². The molecule has 0 radical (unpaired) electrons. The number of para-hydroxylation sites is 4. The van der Waals surface area contributed by atoms with Crippen molar-refractivity contribution < 1.29 is 0 Å². The van der Waals surface area contributed by atoms with Gasteiger partial charge in [-0.15, -0.1) is 0 Å². The summed E-state index contributed by atoms with van der Waals surface area (Å²) in [5.41, 5.74) is 18.6. The van der Waals surface area contributed by atoms with Gasteiger partial charge >= 0.3 is 0 Å². The molecule has 5 heteroatoms. The van der Waals surface area contributed by atoms with Crippen LogP contribution in [0, 0.1) is 0 Å². The molecule has 0 saturated heterocycles. The van der Waals surface area contributed by atoms with Crippen molar-refractivity contribution >= 4 is 65.5 Å². The Morgan fingerprint density at radius 1 is 0.246 bits per heavy atom. The topological polar surface area (TPSA) is 40.6 Å². The molecule has 14 aromatic rings. The Balaban J connectivity index is 0.981. The largest absolute Gasteiger partial charge is 0.309 e. The van der Waals surface area contributed by atoms with Crippen molar-refractivity contribution in [3.8, 4) is 62.0 Å². The van der Waals surface area contributed by atoms with Gasteiger partial charge in [0.15, 0.2) is 5.82 Å². The monoisotopic (exact) mass is 879 g/mol. The van der Waals surface area contributed by atoms with Crippen molar-refractivity contribution in [1.29, 1.82) is 0 Å². The highest BCUT2D eigenvalue weighted by Crippen LogP contribution is 2.42. The molecule has 0 saturated carbocycles. The molecule has 0 bridgehead atoms. The van der Waals surface area contributed by atoms with E-state index in [9.17, 15) is 0 Å². The van der Waals surface area contributed by atoms with Gasteiger partial charge in [0.05, 0.1) is 38.8 Å². The summed E-state index contributed by atoms with van der Waals surface area (Å²) in [5.74, 6) is 0.700. The molecule has 322 valence electrons. The molecule has 0 aliphatic rings. The first-order valence-corrected chi connectivity index (χ1v) is 23.5. The summed E-state index contributed by atoms with van der Waals surface area (Å²) in [6.07, 6.45) is 0. The lowest BCUT2D eigenvalue weighted by molar-refractivity contribution is 1.15. The minimum atomic E-state index is 0.700. The van der Waals surface area contributed by atoms with Gasteiger partial charge in [-0.3, -0.25) is 0 Å². The van der Waals surface area contributed by atoms with E-state index in [4.69, 9.17) is 9.97 Å². The molecule has 10 aromatic carbocycles. The van der Waals surface area contributed by atoms with E-state index in [-0.39, 0.29) is 0 Å². The number of hydrogen-bond donors (Lipinski definition) is 0. The highest BCUT2D eigenvalue weighted by Gasteiger charge is 2.23. The minimum absolute atomic E-state index is 0.700. The average Bonchev–Trinajstić information content (AvgIpc) is 4.06. The molecule has 0 aliphatic carbocycles. The van der Waals surface area contributed by atoms with E-state index in [1.54, 1.807) is 0 Å². The van der Waals surface area contributed by atoms with Gasteiger partial charge in [0.1, 0.15) is 5.52 Å². The maximum Gasteiger partial charge on any atom is 0.160 e. The number of nitrogens with zero attached hydrogens (tertiary/aromatic N) is 5. The van der Waals surface area contributed by atoms with Crippen LogP contribution in [0.5, 0.6) is 0 Å². The van der Waals surface area contributed by atoms with E-state index in [2.05, 4.69) is 256 Å². The molecule has 5 nitrogen and oxygen atoms in total. The molecule has 4 aromatic heterocycles.